The summed E-state index contributed by atoms with van der Waals surface area (Å²) in [4.78, 5) is 11.9. The van der Waals surface area contributed by atoms with Crippen LogP contribution in [0, 0.1) is 0 Å². The molecule has 18 heavy (non-hydrogen) atoms. The van der Waals surface area contributed by atoms with Crippen LogP contribution in [0.4, 0.5) is 5.69 Å². The molecular formula is C13H15N3OS. The number of nitrogens with one attached hydrogen (secondary N) is 2. The van der Waals surface area contributed by atoms with Gasteiger partial charge in [0.1, 0.15) is 0 Å². The monoisotopic (exact) mass is 261 g/mol. The quantitative estimate of drug-likeness (QED) is 0.870. The molecule has 2 N–H and O–H groups in total. The lowest BCUT2D eigenvalue weighted by molar-refractivity contribution is -0.115. The first-order chi connectivity index (χ1) is 8.75. The molecular weight excluding hydrogens is 246 g/mol. The molecule has 2 aromatic rings. The summed E-state index contributed by atoms with van der Waals surface area (Å²) in [5, 5.41) is 9.15. The van der Waals surface area contributed by atoms with Crippen molar-refractivity contribution in [3.63, 3.8) is 0 Å². The van der Waals surface area contributed by atoms with Crippen molar-refractivity contribution in [2.45, 2.75) is 17.9 Å². The third kappa shape index (κ3) is 3.63. The highest BCUT2D eigenvalue weighted by Crippen LogP contribution is 2.18. The highest BCUT2D eigenvalue weighted by atomic mass is 32.2. The lowest BCUT2D eigenvalue weighted by atomic mass is 10.2. The Kier molecular flexibility index (Phi) is 4.41. The highest BCUT2D eigenvalue weighted by molar-refractivity contribution is 7.99. The molecule has 0 spiro atoms. The molecule has 94 valence electrons. The predicted octanol–water partition coefficient (Wildman–Crippen LogP) is 2.67. The number of hydrogen-bond acceptors (Lipinski definition) is 3. The minimum atomic E-state index is -0.0971. The Morgan fingerprint density at radius 2 is 2.22 bits per heavy atom. The molecule has 0 bridgehead atoms. The number of anilines is 1. The summed E-state index contributed by atoms with van der Waals surface area (Å²) in [5.74, 6) is 0.832. The Balaban J connectivity index is 1.81. The normalized spacial score (nSPS) is 12.1. The fraction of sp³-hybridized carbons (Fsp3) is 0.231. The van der Waals surface area contributed by atoms with Gasteiger partial charge < -0.3 is 5.32 Å². The average Bonchev–Trinajstić information content (AvgIpc) is 2.90. The van der Waals surface area contributed by atoms with Crippen LogP contribution in [0.1, 0.15) is 12.5 Å². The zero-order valence-electron chi connectivity index (χ0n) is 10.1. The van der Waals surface area contributed by atoms with Crippen molar-refractivity contribution in [1.82, 2.24) is 10.2 Å². The largest absolute Gasteiger partial charge is 0.322 e. The average molecular weight is 261 g/mol. The van der Waals surface area contributed by atoms with Gasteiger partial charge in [-0.25, -0.2) is 0 Å². The van der Waals surface area contributed by atoms with Crippen molar-refractivity contribution < 1.29 is 4.79 Å². The van der Waals surface area contributed by atoms with Gasteiger partial charge in [-0.15, -0.1) is 11.8 Å². The first-order valence-electron chi connectivity index (χ1n) is 5.71. The molecule has 0 fully saturated rings. The molecule has 1 aromatic carbocycles. The molecule has 0 aliphatic rings. The van der Waals surface area contributed by atoms with E-state index in [9.17, 15) is 4.79 Å². The fourth-order valence-electron chi connectivity index (χ4n) is 1.43. The molecule has 0 aliphatic heterocycles. The molecule has 5 heteroatoms. The summed E-state index contributed by atoms with van der Waals surface area (Å²) >= 11 is 1.62. The van der Waals surface area contributed by atoms with Crippen molar-refractivity contribution >= 4 is 23.4 Å². The van der Waals surface area contributed by atoms with Crippen LogP contribution in [-0.2, 0) is 10.5 Å². The number of aromatic nitrogens is 2. The SMILES string of the molecule is CC(SCc1ccccc1)C(=O)Nc1cn[nH]c1. The molecule has 1 unspecified atom stereocenters. The van der Waals surface area contributed by atoms with Gasteiger partial charge in [-0.3, -0.25) is 9.89 Å². The molecule has 0 radical (unpaired) electrons. The van der Waals surface area contributed by atoms with E-state index in [0.29, 0.717) is 5.69 Å². The molecule has 0 saturated carbocycles. The maximum absolute atomic E-state index is 11.9. The lowest BCUT2D eigenvalue weighted by Crippen LogP contribution is -2.22. The van der Waals surface area contributed by atoms with Crippen molar-refractivity contribution in [1.29, 1.82) is 0 Å². The fourth-order valence-corrected chi connectivity index (χ4v) is 2.28. The maximum Gasteiger partial charge on any atom is 0.237 e. The number of aromatic amines is 1. The number of benzene rings is 1. The van der Waals surface area contributed by atoms with Crippen LogP contribution in [0.15, 0.2) is 42.7 Å². The van der Waals surface area contributed by atoms with Crippen LogP contribution < -0.4 is 5.32 Å². The van der Waals surface area contributed by atoms with Gasteiger partial charge in [0.05, 0.1) is 17.1 Å². The Morgan fingerprint density at radius 1 is 1.44 bits per heavy atom. The number of rotatable bonds is 5. The van der Waals surface area contributed by atoms with E-state index >= 15 is 0 Å². The second kappa shape index (κ2) is 6.26. The van der Waals surface area contributed by atoms with Crippen molar-refractivity contribution in [2.75, 3.05) is 5.32 Å². The van der Waals surface area contributed by atoms with Gasteiger partial charge in [-0.2, -0.15) is 5.10 Å². The van der Waals surface area contributed by atoms with Crippen LogP contribution in [-0.4, -0.2) is 21.4 Å². The van der Waals surface area contributed by atoms with E-state index in [1.807, 2.05) is 25.1 Å². The number of hydrogen-bond donors (Lipinski definition) is 2. The number of carbonyl (C=O) groups excluding carboxylic acids is 1. The van der Waals surface area contributed by atoms with Gasteiger partial charge in [0.15, 0.2) is 0 Å². The van der Waals surface area contributed by atoms with Gasteiger partial charge in [0, 0.05) is 11.9 Å². The summed E-state index contributed by atoms with van der Waals surface area (Å²) in [6.07, 6.45) is 3.25. The van der Waals surface area contributed by atoms with Crippen LogP contribution in [0.3, 0.4) is 0 Å². The number of carbonyl (C=O) groups is 1. The van der Waals surface area contributed by atoms with Crippen molar-refractivity contribution in [2.24, 2.45) is 0 Å². The Bertz CT molecular complexity index is 484. The Morgan fingerprint density at radius 3 is 2.89 bits per heavy atom. The zero-order valence-corrected chi connectivity index (χ0v) is 10.9. The third-order valence-electron chi connectivity index (χ3n) is 2.48. The lowest BCUT2D eigenvalue weighted by Gasteiger charge is -2.10. The molecule has 4 nitrogen and oxygen atoms in total. The van der Waals surface area contributed by atoms with Crippen molar-refractivity contribution in [3.8, 4) is 0 Å². The minimum absolute atomic E-state index is 0.00247. The maximum atomic E-state index is 11.9. The van der Waals surface area contributed by atoms with E-state index in [0.717, 1.165) is 5.75 Å². The summed E-state index contributed by atoms with van der Waals surface area (Å²) in [5.41, 5.74) is 1.93. The molecule has 1 amide bonds. The first kappa shape index (κ1) is 12.7. The van der Waals surface area contributed by atoms with E-state index in [2.05, 4.69) is 27.6 Å². The molecule has 1 aromatic heterocycles. The van der Waals surface area contributed by atoms with Crippen LogP contribution in [0.5, 0.6) is 0 Å². The smallest absolute Gasteiger partial charge is 0.237 e. The summed E-state index contributed by atoms with van der Waals surface area (Å²) in [6, 6.07) is 10.1. The highest BCUT2D eigenvalue weighted by Gasteiger charge is 2.13. The zero-order chi connectivity index (χ0) is 12.8. The van der Waals surface area contributed by atoms with Crippen LogP contribution >= 0.6 is 11.8 Å². The molecule has 0 saturated heterocycles. The van der Waals surface area contributed by atoms with Crippen LogP contribution in [0.25, 0.3) is 0 Å². The second-order valence-electron chi connectivity index (χ2n) is 3.92. The van der Waals surface area contributed by atoms with E-state index in [4.69, 9.17) is 0 Å². The molecule has 0 aliphatic carbocycles. The Labute approximate surface area is 110 Å². The van der Waals surface area contributed by atoms with Gasteiger partial charge in [-0.1, -0.05) is 30.3 Å². The summed E-state index contributed by atoms with van der Waals surface area (Å²) < 4.78 is 0. The molecule has 1 heterocycles. The number of thioether (sulfide) groups is 1. The van der Waals surface area contributed by atoms with Crippen molar-refractivity contribution in [3.05, 3.63) is 48.3 Å². The van der Waals surface area contributed by atoms with E-state index in [-0.39, 0.29) is 11.2 Å². The number of H-pyrrole nitrogens is 1. The second-order valence-corrected chi connectivity index (χ2v) is 5.24. The standard InChI is InChI=1S/C13H15N3OS/c1-10(13(17)16-12-7-14-15-8-12)18-9-11-5-3-2-4-6-11/h2-8,10H,9H2,1H3,(H,14,15)(H,16,17). The third-order valence-corrected chi connectivity index (χ3v) is 3.69. The summed E-state index contributed by atoms with van der Waals surface area (Å²) in [7, 11) is 0. The molecule has 2 rings (SSSR count). The number of amides is 1. The summed E-state index contributed by atoms with van der Waals surface area (Å²) in [6.45, 7) is 1.91. The first-order valence-corrected chi connectivity index (χ1v) is 6.76. The Hall–Kier alpha value is -1.75. The van der Waals surface area contributed by atoms with Gasteiger partial charge in [0.25, 0.3) is 0 Å². The topological polar surface area (TPSA) is 57.8 Å². The number of nitrogens with zero attached hydrogens (tertiary/aromatic N) is 1. The molecule has 1 atom stereocenters. The van der Waals surface area contributed by atoms with Crippen LogP contribution in [0.2, 0.25) is 0 Å². The predicted molar refractivity (Wildman–Crippen MR) is 74.4 cm³/mol. The van der Waals surface area contributed by atoms with E-state index in [1.54, 1.807) is 24.2 Å². The van der Waals surface area contributed by atoms with Gasteiger partial charge >= 0.3 is 0 Å². The van der Waals surface area contributed by atoms with E-state index in [1.165, 1.54) is 5.56 Å². The minimum Gasteiger partial charge on any atom is -0.322 e. The van der Waals surface area contributed by atoms with Gasteiger partial charge in [0.2, 0.25) is 5.91 Å². The van der Waals surface area contributed by atoms with Gasteiger partial charge in [-0.05, 0) is 12.5 Å². The van der Waals surface area contributed by atoms with E-state index < -0.39 is 0 Å².